The number of hydrogen-bond donors (Lipinski definition) is 2. The van der Waals surface area contributed by atoms with Gasteiger partial charge in [0, 0.05) is 36.3 Å². The van der Waals surface area contributed by atoms with Gasteiger partial charge in [-0.15, -0.1) is 11.3 Å². The molecule has 0 aliphatic rings. The first-order chi connectivity index (χ1) is 8.08. The zero-order valence-electron chi connectivity index (χ0n) is 10.3. The van der Waals surface area contributed by atoms with E-state index in [1.807, 2.05) is 11.4 Å². The normalized spacial score (nSPS) is 10.8. The quantitative estimate of drug-likeness (QED) is 0.751. The molecule has 5 heteroatoms. The van der Waals surface area contributed by atoms with Crippen LogP contribution in [0.2, 0.25) is 5.02 Å². The Morgan fingerprint density at radius 1 is 1.53 bits per heavy atom. The summed E-state index contributed by atoms with van der Waals surface area (Å²) in [6, 6.07) is 1.94. The van der Waals surface area contributed by atoms with Gasteiger partial charge in [0.15, 0.2) is 0 Å². The minimum Gasteiger partial charge on any atom is -0.356 e. The highest BCUT2D eigenvalue weighted by Crippen LogP contribution is 2.18. The standard InChI is InChI=1S/C12H19ClN2OS/c1-9(2)6-15-12(16)3-4-14-7-11-5-10(13)8-17-11/h5,8-9,14H,3-4,6-7H2,1-2H3,(H,15,16). The van der Waals surface area contributed by atoms with E-state index >= 15 is 0 Å². The van der Waals surface area contributed by atoms with Crippen molar-refractivity contribution in [2.75, 3.05) is 13.1 Å². The Labute approximate surface area is 112 Å². The lowest BCUT2D eigenvalue weighted by Gasteiger charge is -2.07. The molecule has 0 saturated heterocycles. The highest BCUT2D eigenvalue weighted by atomic mass is 35.5. The van der Waals surface area contributed by atoms with Gasteiger partial charge in [0.2, 0.25) is 5.91 Å². The molecule has 0 unspecified atom stereocenters. The Hall–Kier alpha value is -0.580. The molecule has 0 aliphatic carbocycles. The minimum absolute atomic E-state index is 0.107. The number of hydrogen-bond acceptors (Lipinski definition) is 3. The topological polar surface area (TPSA) is 41.1 Å². The van der Waals surface area contributed by atoms with Crippen molar-refractivity contribution in [3.05, 3.63) is 21.3 Å². The summed E-state index contributed by atoms with van der Waals surface area (Å²) in [7, 11) is 0. The van der Waals surface area contributed by atoms with Gasteiger partial charge < -0.3 is 10.6 Å². The number of nitrogens with one attached hydrogen (secondary N) is 2. The predicted octanol–water partition coefficient (Wildman–Crippen LogP) is 2.65. The van der Waals surface area contributed by atoms with E-state index in [2.05, 4.69) is 24.5 Å². The fourth-order valence-electron chi connectivity index (χ4n) is 1.27. The molecule has 1 heterocycles. The van der Waals surface area contributed by atoms with Gasteiger partial charge in [-0.2, -0.15) is 0 Å². The maximum absolute atomic E-state index is 11.4. The van der Waals surface area contributed by atoms with Crippen molar-refractivity contribution in [1.29, 1.82) is 0 Å². The van der Waals surface area contributed by atoms with E-state index in [0.717, 1.165) is 18.1 Å². The first-order valence-electron chi connectivity index (χ1n) is 5.78. The summed E-state index contributed by atoms with van der Waals surface area (Å²) < 4.78 is 0. The molecular formula is C12H19ClN2OS. The van der Waals surface area contributed by atoms with Gasteiger partial charge in [-0.25, -0.2) is 0 Å². The molecule has 3 nitrogen and oxygen atoms in total. The average Bonchev–Trinajstić information content (AvgIpc) is 2.68. The van der Waals surface area contributed by atoms with Gasteiger partial charge in [0.1, 0.15) is 0 Å². The molecule has 0 aliphatic heterocycles. The molecule has 0 bridgehead atoms. The Morgan fingerprint density at radius 2 is 2.29 bits per heavy atom. The second-order valence-electron chi connectivity index (χ2n) is 4.36. The molecule has 96 valence electrons. The number of thiophene rings is 1. The van der Waals surface area contributed by atoms with Crippen LogP contribution in [0.25, 0.3) is 0 Å². The first-order valence-corrected chi connectivity index (χ1v) is 7.04. The highest BCUT2D eigenvalue weighted by Gasteiger charge is 2.02. The average molecular weight is 275 g/mol. The summed E-state index contributed by atoms with van der Waals surface area (Å²) in [5.41, 5.74) is 0. The summed E-state index contributed by atoms with van der Waals surface area (Å²) >= 11 is 7.44. The molecule has 0 spiro atoms. The summed E-state index contributed by atoms with van der Waals surface area (Å²) in [4.78, 5) is 12.6. The van der Waals surface area contributed by atoms with Crippen LogP contribution in [0.3, 0.4) is 0 Å². The molecule has 2 N–H and O–H groups in total. The van der Waals surface area contributed by atoms with Crippen LogP contribution in [0.5, 0.6) is 0 Å². The summed E-state index contributed by atoms with van der Waals surface area (Å²) in [5, 5.41) is 8.80. The van der Waals surface area contributed by atoms with Crippen LogP contribution < -0.4 is 10.6 Å². The summed E-state index contributed by atoms with van der Waals surface area (Å²) in [5.74, 6) is 0.607. The number of halogens is 1. The Kier molecular flexibility index (Phi) is 6.55. The number of carbonyl (C=O) groups is 1. The summed E-state index contributed by atoms with van der Waals surface area (Å²) in [6.07, 6.45) is 0.520. The Bertz CT molecular complexity index is 352. The maximum atomic E-state index is 11.4. The van der Waals surface area contributed by atoms with Crippen molar-refractivity contribution in [3.63, 3.8) is 0 Å². The second-order valence-corrected chi connectivity index (χ2v) is 5.79. The largest absolute Gasteiger partial charge is 0.356 e. The van der Waals surface area contributed by atoms with Gasteiger partial charge in [0.25, 0.3) is 0 Å². The maximum Gasteiger partial charge on any atom is 0.221 e. The van der Waals surface area contributed by atoms with Crippen molar-refractivity contribution >= 4 is 28.8 Å². The molecule has 0 fully saturated rings. The molecule has 17 heavy (non-hydrogen) atoms. The van der Waals surface area contributed by atoms with E-state index in [1.165, 1.54) is 4.88 Å². The van der Waals surface area contributed by atoms with Crippen molar-refractivity contribution in [3.8, 4) is 0 Å². The predicted molar refractivity (Wildman–Crippen MR) is 73.5 cm³/mol. The molecule has 0 saturated carbocycles. The molecule has 1 aromatic heterocycles. The summed E-state index contributed by atoms with van der Waals surface area (Å²) in [6.45, 7) is 6.38. The van der Waals surface area contributed by atoms with Crippen LogP contribution in [-0.4, -0.2) is 19.0 Å². The molecule has 0 atom stereocenters. The molecule has 0 radical (unpaired) electrons. The second kappa shape index (κ2) is 7.69. The molecular weight excluding hydrogens is 256 g/mol. The third-order valence-corrected chi connectivity index (χ3v) is 3.44. The van der Waals surface area contributed by atoms with Crippen molar-refractivity contribution in [2.24, 2.45) is 5.92 Å². The van der Waals surface area contributed by atoms with Crippen LogP contribution in [0.15, 0.2) is 11.4 Å². The van der Waals surface area contributed by atoms with E-state index < -0.39 is 0 Å². The van der Waals surface area contributed by atoms with E-state index in [-0.39, 0.29) is 5.91 Å². The minimum atomic E-state index is 0.107. The Balaban J connectivity index is 2.06. The van der Waals surface area contributed by atoms with E-state index in [4.69, 9.17) is 11.6 Å². The van der Waals surface area contributed by atoms with Crippen molar-refractivity contribution in [2.45, 2.75) is 26.8 Å². The fraction of sp³-hybridized carbons (Fsp3) is 0.583. The van der Waals surface area contributed by atoms with Gasteiger partial charge in [-0.1, -0.05) is 25.4 Å². The SMILES string of the molecule is CC(C)CNC(=O)CCNCc1cc(Cl)cs1. The molecule has 1 aromatic rings. The molecule has 0 aromatic carbocycles. The fourth-order valence-corrected chi connectivity index (χ4v) is 2.31. The molecule has 1 amide bonds. The van der Waals surface area contributed by atoms with Crippen LogP contribution in [0.4, 0.5) is 0 Å². The van der Waals surface area contributed by atoms with Gasteiger partial charge in [-0.05, 0) is 12.0 Å². The monoisotopic (exact) mass is 274 g/mol. The third-order valence-electron chi connectivity index (χ3n) is 2.16. The lowest BCUT2D eigenvalue weighted by Crippen LogP contribution is -2.30. The van der Waals surface area contributed by atoms with E-state index in [0.29, 0.717) is 18.9 Å². The zero-order valence-corrected chi connectivity index (χ0v) is 11.8. The van der Waals surface area contributed by atoms with Crippen LogP contribution in [0, 0.1) is 5.92 Å². The van der Waals surface area contributed by atoms with Crippen LogP contribution in [-0.2, 0) is 11.3 Å². The molecule has 1 rings (SSSR count). The van der Waals surface area contributed by atoms with Crippen molar-refractivity contribution in [1.82, 2.24) is 10.6 Å². The number of carbonyl (C=O) groups excluding carboxylic acids is 1. The first kappa shape index (κ1) is 14.5. The smallest absolute Gasteiger partial charge is 0.221 e. The van der Waals surface area contributed by atoms with Gasteiger partial charge in [0.05, 0.1) is 5.02 Å². The lowest BCUT2D eigenvalue weighted by atomic mass is 10.2. The van der Waals surface area contributed by atoms with E-state index in [9.17, 15) is 4.79 Å². The highest BCUT2D eigenvalue weighted by molar-refractivity contribution is 7.10. The Morgan fingerprint density at radius 3 is 2.88 bits per heavy atom. The third kappa shape index (κ3) is 6.66. The van der Waals surface area contributed by atoms with Gasteiger partial charge >= 0.3 is 0 Å². The van der Waals surface area contributed by atoms with Gasteiger partial charge in [-0.3, -0.25) is 4.79 Å². The number of rotatable bonds is 7. The number of amides is 1. The lowest BCUT2D eigenvalue weighted by molar-refractivity contribution is -0.121. The van der Waals surface area contributed by atoms with Crippen molar-refractivity contribution < 1.29 is 4.79 Å². The zero-order chi connectivity index (χ0) is 12.7. The van der Waals surface area contributed by atoms with Crippen LogP contribution >= 0.6 is 22.9 Å². The van der Waals surface area contributed by atoms with Crippen LogP contribution in [0.1, 0.15) is 25.1 Å². The van der Waals surface area contributed by atoms with E-state index in [1.54, 1.807) is 11.3 Å².